The van der Waals surface area contributed by atoms with Gasteiger partial charge in [0.25, 0.3) is 0 Å². The zero-order valence-electron chi connectivity index (χ0n) is 8.86. The number of hydrogen-bond acceptors (Lipinski definition) is 3. The fourth-order valence-electron chi connectivity index (χ4n) is 1.13. The van der Waals surface area contributed by atoms with Crippen molar-refractivity contribution in [3.63, 3.8) is 0 Å². The highest BCUT2D eigenvalue weighted by molar-refractivity contribution is 5.91. The van der Waals surface area contributed by atoms with Gasteiger partial charge in [0.1, 0.15) is 0 Å². The van der Waals surface area contributed by atoms with Crippen LogP contribution in [0.3, 0.4) is 0 Å². The Morgan fingerprint density at radius 2 is 2.27 bits per heavy atom. The fourth-order valence-corrected chi connectivity index (χ4v) is 1.13. The van der Waals surface area contributed by atoms with E-state index in [-0.39, 0.29) is 11.5 Å². The molecule has 0 bridgehead atoms. The molecule has 0 saturated heterocycles. The number of ether oxygens (including phenoxy) is 1. The van der Waals surface area contributed by atoms with Crippen LogP contribution in [0.15, 0.2) is 24.3 Å². The van der Waals surface area contributed by atoms with Gasteiger partial charge in [-0.2, -0.15) is 0 Å². The summed E-state index contributed by atoms with van der Waals surface area (Å²) in [6.45, 7) is 3.84. The zero-order chi connectivity index (χ0) is 11.3. The summed E-state index contributed by atoms with van der Waals surface area (Å²) < 4.78 is 5.18. The van der Waals surface area contributed by atoms with Gasteiger partial charge in [0.2, 0.25) is 0 Å². The van der Waals surface area contributed by atoms with E-state index < -0.39 is 0 Å². The van der Waals surface area contributed by atoms with Crippen LogP contribution >= 0.6 is 0 Å². The number of rotatable bonds is 4. The lowest BCUT2D eigenvalue weighted by Crippen LogP contribution is -1.91. The fraction of sp³-hybridized carbons (Fsp3) is 0.250. The van der Waals surface area contributed by atoms with Gasteiger partial charge < -0.3 is 9.84 Å². The third-order valence-electron chi connectivity index (χ3n) is 1.79. The summed E-state index contributed by atoms with van der Waals surface area (Å²) in [5, 5.41) is 9.54. The number of benzene rings is 1. The number of allylic oxidation sites excluding steroid dienone is 1. The number of carbonyl (C=O) groups is 1. The average molecular weight is 206 g/mol. The van der Waals surface area contributed by atoms with Gasteiger partial charge in [0, 0.05) is 0 Å². The summed E-state index contributed by atoms with van der Waals surface area (Å²) >= 11 is 0. The minimum Gasteiger partial charge on any atom is -0.504 e. The van der Waals surface area contributed by atoms with Crippen molar-refractivity contribution in [2.75, 3.05) is 6.61 Å². The van der Waals surface area contributed by atoms with Gasteiger partial charge >= 0.3 is 0 Å². The van der Waals surface area contributed by atoms with Gasteiger partial charge in [0.05, 0.1) is 6.61 Å². The summed E-state index contributed by atoms with van der Waals surface area (Å²) in [6.07, 6.45) is 3.10. The van der Waals surface area contributed by atoms with Crippen LogP contribution in [0.2, 0.25) is 0 Å². The first kappa shape index (κ1) is 11.3. The third kappa shape index (κ3) is 3.46. The maximum Gasteiger partial charge on any atom is 0.160 e. The lowest BCUT2D eigenvalue weighted by molar-refractivity contribution is -0.112. The first-order valence-electron chi connectivity index (χ1n) is 4.78. The summed E-state index contributed by atoms with van der Waals surface area (Å²) in [6, 6.07) is 5.02. The predicted molar refractivity (Wildman–Crippen MR) is 59.0 cm³/mol. The Kier molecular flexibility index (Phi) is 3.92. The molecule has 80 valence electrons. The van der Waals surface area contributed by atoms with E-state index in [1.165, 1.54) is 13.0 Å². The van der Waals surface area contributed by atoms with Crippen LogP contribution in [0.25, 0.3) is 6.08 Å². The van der Waals surface area contributed by atoms with E-state index in [4.69, 9.17) is 4.74 Å². The number of phenols is 1. The average Bonchev–Trinajstić information content (AvgIpc) is 2.19. The molecule has 0 aliphatic heterocycles. The second kappa shape index (κ2) is 5.20. The lowest BCUT2D eigenvalue weighted by Gasteiger charge is -2.05. The monoisotopic (exact) mass is 206 g/mol. The molecule has 0 spiro atoms. The molecule has 1 rings (SSSR count). The minimum atomic E-state index is -0.0247. The highest BCUT2D eigenvalue weighted by Crippen LogP contribution is 2.27. The van der Waals surface area contributed by atoms with Gasteiger partial charge in [-0.1, -0.05) is 12.1 Å². The topological polar surface area (TPSA) is 46.5 Å². The number of hydrogen-bond donors (Lipinski definition) is 1. The normalized spacial score (nSPS) is 10.5. The zero-order valence-corrected chi connectivity index (χ0v) is 8.86. The maximum atomic E-state index is 10.7. The second-order valence-electron chi connectivity index (χ2n) is 3.10. The molecule has 0 amide bonds. The third-order valence-corrected chi connectivity index (χ3v) is 1.79. The smallest absolute Gasteiger partial charge is 0.160 e. The minimum absolute atomic E-state index is 0.0247. The van der Waals surface area contributed by atoms with E-state index in [0.717, 1.165) is 5.56 Å². The van der Waals surface area contributed by atoms with Crippen LogP contribution < -0.4 is 4.74 Å². The molecule has 0 aliphatic carbocycles. The van der Waals surface area contributed by atoms with Gasteiger partial charge in [-0.25, -0.2) is 0 Å². The molecule has 0 radical (unpaired) electrons. The van der Waals surface area contributed by atoms with E-state index in [1.54, 1.807) is 24.3 Å². The Balaban J connectivity index is 2.86. The van der Waals surface area contributed by atoms with Gasteiger partial charge in [-0.05, 0) is 37.6 Å². The van der Waals surface area contributed by atoms with Crippen molar-refractivity contribution >= 4 is 11.9 Å². The largest absolute Gasteiger partial charge is 0.504 e. The molecular weight excluding hydrogens is 192 g/mol. The van der Waals surface area contributed by atoms with Gasteiger partial charge in [-0.15, -0.1) is 0 Å². The van der Waals surface area contributed by atoms with Crippen molar-refractivity contribution in [2.45, 2.75) is 13.8 Å². The molecule has 0 aliphatic rings. The molecule has 0 aromatic heterocycles. The highest BCUT2D eigenvalue weighted by Gasteiger charge is 2.01. The van der Waals surface area contributed by atoms with Crippen molar-refractivity contribution < 1.29 is 14.6 Å². The van der Waals surface area contributed by atoms with Crippen LogP contribution in [0.1, 0.15) is 19.4 Å². The number of carbonyl (C=O) groups excluding carboxylic acids is 1. The van der Waals surface area contributed by atoms with Crippen LogP contribution in [0, 0.1) is 0 Å². The Morgan fingerprint density at radius 1 is 1.53 bits per heavy atom. The predicted octanol–water partition coefficient (Wildman–Crippen LogP) is 2.39. The molecule has 0 atom stereocenters. The van der Waals surface area contributed by atoms with E-state index in [0.29, 0.717) is 12.4 Å². The first-order chi connectivity index (χ1) is 7.13. The highest BCUT2D eigenvalue weighted by atomic mass is 16.5. The number of phenolic OH excluding ortho intramolecular Hbond substituents is 1. The van der Waals surface area contributed by atoms with Gasteiger partial charge in [0.15, 0.2) is 17.3 Å². The van der Waals surface area contributed by atoms with Crippen molar-refractivity contribution in [1.82, 2.24) is 0 Å². The van der Waals surface area contributed by atoms with Crippen LogP contribution in [-0.2, 0) is 4.79 Å². The van der Waals surface area contributed by atoms with E-state index in [9.17, 15) is 9.90 Å². The molecule has 0 heterocycles. The molecular formula is C12H14O3. The van der Waals surface area contributed by atoms with E-state index >= 15 is 0 Å². The standard InChI is InChI=1S/C12H14O3/c1-3-15-12-7-6-10(8-11(12)14)5-4-9(2)13/h4-8,14H,3H2,1-2H3. The Bertz CT molecular complexity index is 380. The van der Waals surface area contributed by atoms with E-state index in [2.05, 4.69) is 0 Å². The Labute approximate surface area is 89.0 Å². The molecule has 1 N–H and O–H groups in total. The van der Waals surface area contributed by atoms with Crippen LogP contribution in [0.4, 0.5) is 0 Å². The molecule has 15 heavy (non-hydrogen) atoms. The summed E-state index contributed by atoms with van der Waals surface area (Å²) in [5.74, 6) is 0.517. The Hall–Kier alpha value is -1.77. The molecule has 3 nitrogen and oxygen atoms in total. The maximum absolute atomic E-state index is 10.7. The Morgan fingerprint density at radius 3 is 2.80 bits per heavy atom. The van der Waals surface area contributed by atoms with E-state index in [1.807, 2.05) is 6.92 Å². The number of aromatic hydroxyl groups is 1. The number of ketones is 1. The van der Waals surface area contributed by atoms with Crippen molar-refractivity contribution in [2.24, 2.45) is 0 Å². The van der Waals surface area contributed by atoms with Crippen molar-refractivity contribution in [3.8, 4) is 11.5 Å². The molecule has 1 aromatic carbocycles. The summed E-state index contributed by atoms with van der Waals surface area (Å²) in [7, 11) is 0. The van der Waals surface area contributed by atoms with Gasteiger partial charge in [-0.3, -0.25) is 4.79 Å². The summed E-state index contributed by atoms with van der Waals surface area (Å²) in [4.78, 5) is 10.7. The second-order valence-corrected chi connectivity index (χ2v) is 3.10. The molecule has 0 unspecified atom stereocenters. The van der Waals surface area contributed by atoms with Crippen molar-refractivity contribution in [1.29, 1.82) is 0 Å². The molecule has 3 heteroatoms. The summed E-state index contributed by atoms with van der Waals surface area (Å²) in [5.41, 5.74) is 0.770. The molecule has 1 aromatic rings. The lowest BCUT2D eigenvalue weighted by atomic mass is 10.2. The SMILES string of the molecule is CCOc1ccc(C=CC(C)=O)cc1O. The van der Waals surface area contributed by atoms with Crippen LogP contribution in [-0.4, -0.2) is 17.5 Å². The molecule has 0 fully saturated rings. The first-order valence-corrected chi connectivity index (χ1v) is 4.78. The van der Waals surface area contributed by atoms with Crippen molar-refractivity contribution in [3.05, 3.63) is 29.8 Å². The van der Waals surface area contributed by atoms with Crippen LogP contribution in [0.5, 0.6) is 11.5 Å². The quantitative estimate of drug-likeness (QED) is 0.769. The molecule has 0 saturated carbocycles.